The van der Waals surface area contributed by atoms with Crippen molar-refractivity contribution in [2.24, 2.45) is 5.92 Å². The van der Waals surface area contributed by atoms with E-state index < -0.39 is 11.6 Å². The number of hydrogen-bond acceptors (Lipinski definition) is 3. The molecule has 0 aliphatic heterocycles. The Morgan fingerprint density at radius 1 is 1.50 bits per heavy atom. The standard InChI is InChI=1S/C10H19NO3/c1-11-7-4-8-2-5-10(14,6-3-8)9(12)13/h8,11,14H,2-7H2,1H3,(H,12,13). The summed E-state index contributed by atoms with van der Waals surface area (Å²) < 4.78 is 0. The molecule has 0 aromatic carbocycles. The second-order valence-corrected chi connectivity index (χ2v) is 4.17. The van der Waals surface area contributed by atoms with Gasteiger partial charge in [0.05, 0.1) is 0 Å². The first kappa shape index (κ1) is 11.5. The Morgan fingerprint density at radius 2 is 2.07 bits per heavy atom. The summed E-state index contributed by atoms with van der Waals surface area (Å²) in [4.78, 5) is 10.7. The molecule has 0 atom stereocenters. The second-order valence-electron chi connectivity index (χ2n) is 4.17. The summed E-state index contributed by atoms with van der Waals surface area (Å²) in [5, 5.41) is 21.6. The zero-order valence-corrected chi connectivity index (χ0v) is 8.62. The molecule has 14 heavy (non-hydrogen) atoms. The van der Waals surface area contributed by atoms with Crippen LogP contribution in [0.5, 0.6) is 0 Å². The number of carbonyl (C=O) groups is 1. The summed E-state index contributed by atoms with van der Waals surface area (Å²) in [6.07, 6.45) is 3.52. The van der Waals surface area contributed by atoms with E-state index in [4.69, 9.17) is 5.11 Å². The zero-order valence-electron chi connectivity index (χ0n) is 8.62. The number of nitrogens with one attached hydrogen (secondary N) is 1. The SMILES string of the molecule is CNCCC1CCC(O)(C(=O)O)CC1. The molecule has 4 heteroatoms. The number of aliphatic carboxylic acids is 1. The third-order valence-corrected chi connectivity index (χ3v) is 3.13. The van der Waals surface area contributed by atoms with Crippen molar-refractivity contribution in [1.82, 2.24) is 5.32 Å². The van der Waals surface area contributed by atoms with Gasteiger partial charge in [-0.1, -0.05) is 0 Å². The van der Waals surface area contributed by atoms with Crippen LogP contribution >= 0.6 is 0 Å². The zero-order chi connectivity index (χ0) is 10.6. The van der Waals surface area contributed by atoms with E-state index in [2.05, 4.69) is 5.32 Å². The van der Waals surface area contributed by atoms with Gasteiger partial charge in [0.1, 0.15) is 0 Å². The first-order valence-corrected chi connectivity index (χ1v) is 5.19. The molecular weight excluding hydrogens is 182 g/mol. The molecule has 1 aliphatic rings. The fourth-order valence-corrected chi connectivity index (χ4v) is 2.01. The Bertz CT molecular complexity index is 198. The van der Waals surface area contributed by atoms with E-state index in [0.29, 0.717) is 18.8 Å². The van der Waals surface area contributed by atoms with E-state index in [1.54, 1.807) is 0 Å². The molecule has 0 amide bonds. The summed E-state index contributed by atoms with van der Waals surface area (Å²) >= 11 is 0. The molecule has 3 N–H and O–H groups in total. The molecule has 0 heterocycles. The molecule has 0 saturated heterocycles. The van der Waals surface area contributed by atoms with Crippen molar-refractivity contribution in [2.75, 3.05) is 13.6 Å². The minimum absolute atomic E-state index is 0.400. The Balaban J connectivity index is 2.34. The predicted molar refractivity (Wildman–Crippen MR) is 53.1 cm³/mol. The molecule has 0 aromatic heterocycles. The van der Waals surface area contributed by atoms with Gasteiger partial charge in [0.25, 0.3) is 0 Å². The summed E-state index contributed by atoms with van der Waals surface area (Å²) in [5.41, 5.74) is -1.45. The van der Waals surface area contributed by atoms with Gasteiger partial charge in [-0.05, 0) is 51.6 Å². The van der Waals surface area contributed by atoms with Crippen molar-refractivity contribution >= 4 is 5.97 Å². The third kappa shape index (κ3) is 2.69. The van der Waals surface area contributed by atoms with E-state index in [1.807, 2.05) is 7.05 Å². The first-order chi connectivity index (χ1) is 6.58. The molecule has 0 radical (unpaired) electrons. The number of carboxylic acids is 1. The maximum atomic E-state index is 10.7. The van der Waals surface area contributed by atoms with Crippen LogP contribution in [0, 0.1) is 5.92 Å². The molecule has 0 aromatic rings. The fourth-order valence-electron chi connectivity index (χ4n) is 2.01. The Labute approximate surface area is 84.3 Å². The van der Waals surface area contributed by atoms with Crippen LogP contribution in [0.3, 0.4) is 0 Å². The highest BCUT2D eigenvalue weighted by Crippen LogP contribution is 2.33. The van der Waals surface area contributed by atoms with Crippen LogP contribution < -0.4 is 5.32 Å². The average molecular weight is 201 g/mol. The lowest BCUT2D eigenvalue weighted by Crippen LogP contribution is -2.42. The Kier molecular flexibility index (Phi) is 3.89. The summed E-state index contributed by atoms with van der Waals surface area (Å²) in [5.74, 6) is -0.494. The van der Waals surface area contributed by atoms with E-state index >= 15 is 0 Å². The highest BCUT2D eigenvalue weighted by atomic mass is 16.4. The molecule has 1 aliphatic carbocycles. The number of carboxylic acid groups (broad SMARTS) is 1. The minimum Gasteiger partial charge on any atom is -0.479 e. The molecule has 0 bridgehead atoms. The second kappa shape index (κ2) is 4.75. The maximum Gasteiger partial charge on any atom is 0.335 e. The normalized spacial score (nSPS) is 32.9. The minimum atomic E-state index is -1.45. The lowest BCUT2D eigenvalue weighted by molar-refractivity contribution is -0.162. The van der Waals surface area contributed by atoms with E-state index in [0.717, 1.165) is 25.8 Å². The molecule has 0 spiro atoms. The van der Waals surface area contributed by atoms with Crippen LogP contribution in [0.1, 0.15) is 32.1 Å². The quantitative estimate of drug-likeness (QED) is 0.623. The van der Waals surface area contributed by atoms with Gasteiger partial charge in [-0.2, -0.15) is 0 Å². The largest absolute Gasteiger partial charge is 0.479 e. The van der Waals surface area contributed by atoms with Gasteiger partial charge in [0.2, 0.25) is 0 Å². The van der Waals surface area contributed by atoms with Gasteiger partial charge in [0, 0.05) is 0 Å². The monoisotopic (exact) mass is 201 g/mol. The number of rotatable bonds is 4. The predicted octanol–water partition coefficient (Wildman–Crippen LogP) is 0.602. The van der Waals surface area contributed by atoms with Crippen molar-refractivity contribution in [2.45, 2.75) is 37.7 Å². The van der Waals surface area contributed by atoms with Gasteiger partial charge < -0.3 is 15.5 Å². The number of hydrogen-bond donors (Lipinski definition) is 3. The van der Waals surface area contributed by atoms with Crippen LogP contribution in [-0.4, -0.2) is 35.4 Å². The molecule has 0 unspecified atom stereocenters. The van der Waals surface area contributed by atoms with Crippen molar-refractivity contribution in [3.05, 3.63) is 0 Å². The van der Waals surface area contributed by atoms with Gasteiger partial charge in [-0.25, -0.2) is 4.79 Å². The average Bonchev–Trinajstić information content (AvgIpc) is 2.17. The molecule has 1 rings (SSSR count). The van der Waals surface area contributed by atoms with Gasteiger partial charge in [-0.15, -0.1) is 0 Å². The summed E-state index contributed by atoms with van der Waals surface area (Å²) in [7, 11) is 1.91. The Hall–Kier alpha value is -0.610. The summed E-state index contributed by atoms with van der Waals surface area (Å²) in [6.45, 7) is 0.968. The molecule has 4 nitrogen and oxygen atoms in total. The van der Waals surface area contributed by atoms with E-state index in [-0.39, 0.29) is 0 Å². The molecular formula is C10H19NO3. The Morgan fingerprint density at radius 3 is 2.50 bits per heavy atom. The molecule has 1 fully saturated rings. The van der Waals surface area contributed by atoms with Crippen LogP contribution in [0.2, 0.25) is 0 Å². The number of aliphatic hydroxyl groups is 1. The maximum absolute atomic E-state index is 10.7. The van der Waals surface area contributed by atoms with Gasteiger partial charge >= 0.3 is 5.97 Å². The van der Waals surface area contributed by atoms with Crippen LogP contribution in [-0.2, 0) is 4.79 Å². The lowest BCUT2D eigenvalue weighted by Gasteiger charge is -2.32. The molecule has 1 saturated carbocycles. The van der Waals surface area contributed by atoms with Gasteiger partial charge in [0.15, 0.2) is 5.60 Å². The van der Waals surface area contributed by atoms with Crippen molar-refractivity contribution in [3.63, 3.8) is 0 Å². The third-order valence-electron chi connectivity index (χ3n) is 3.13. The van der Waals surface area contributed by atoms with E-state index in [1.165, 1.54) is 0 Å². The summed E-state index contributed by atoms with van der Waals surface area (Å²) in [6, 6.07) is 0. The lowest BCUT2D eigenvalue weighted by atomic mass is 9.77. The highest BCUT2D eigenvalue weighted by Gasteiger charge is 2.39. The highest BCUT2D eigenvalue weighted by molar-refractivity contribution is 5.77. The van der Waals surface area contributed by atoms with E-state index in [9.17, 15) is 9.90 Å². The molecule has 82 valence electrons. The van der Waals surface area contributed by atoms with Crippen molar-refractivity contribution in [1.29, 1.82) is 0 Å². The first-order valence-electron chi connectivity index (χ1n) is 5.19. The van der Waals surface area contributed by atoms with Crippen molar-refractivity contribution < 1.29 is 15.0 Å². The van der Waals surface area contributed by atoms with Crippen LogP contribution in [0.25, 0.3) is 0 Å². The smallest absolute Gasteiger partial charge is 0.335 e. The topological polar surface area (TPSA) is 69.6 Å². The fraction of sp³-hybridized carbons (Fsp3) is 0.900. The van der Waals surface area contributed by atoms with Crippen LogP contribution in [0.15, 0.2) is 0 Å². The van der Waals surface area contributed by atoms with Crippen molar-refractivity contribution in [3.8, 4) is 0 Å². The van der Waals surface area contributed by atoms with Gasteiger partial charge in [-0.3, -0.25) is 0 Å². The van der Waals surface area contributed by atoms with Crippen LogP contribution in [0.4, 0.5) is 0 Å².